The lowest BCUT2D eigenvalue weighted by Gasteiger charge is -2.33. The van der Waals surface area contributed by atoms with Crippen LogP contribution in [0.15, 0.2) is 0 Å². The van der Waals surface area contributed by atoms with Gasteiger partial charge in [-0.3, -0.25) is 0 Å². The summed E-state index contributed by atoms with van der Waals surface area (Å²) in [4.78, 5) is 0.455. The van der Waals surface area contributed by atoms with Gasteiger partial charge in [0, 0.05) is 19.0 Å². The molecule has 0 bridgehead atoms. The molecular formula is C11H20N2O2S2. The van der Waals surface area contributed by atoms with Gasteiger partial charge in [-0.25, -0.2) is 12.7 Å². The summed E-state index contributed by atoms with van der Waals surface area (Å²) < 4.78 is 26.4. The molecule has 4 nitrogen and oxygen atoms in total. The highest BCUT2D eigenvalue weighted by Gasteiger charge is 2.36. The Kier molecular flexibility index (Phi) is 4.05. The molecule has 1 aliphatic heterocycles. The lowest BCUT2D eigenvalue weighted by atomic mass is 10.0. The highest BCUT2D eigenvalue weighted by Crippen LogP contribution is 2.29. The Morgan fingerprint density at radius 1 is 1.18 bits per heavy atom. The fourth-order valence-corrected chi connectivity index (χ4v) is 5.12. The Bertz CT molecular complexity index is 388. The summed E-state index contributed by atoms with van der Waals surface area (Å²) >= 11 is 4.98. The van der Waals surface area contributed by atoms with Gasteiger partial charge in [-0.05, 0) is 25.7 Å². The summed E-state index contributed by atoms with van der Waals surface area (Å²) in [6.45, 7) is 1.13. The quantitative estimate of drug-likeness (QED) is 0.788. The first kappa shape index (κ1) is 13.2. The van der Waals surface area contributed by atoms with Crippen molar-refractivity contribution in [1.29, 1.82) is 0 Å². The molecule has 2 rings (SSSR count). The second kappa shape index (κ2) is 5.20. The van der Waals surface area contributed by atoms with Crippen LogP contribution in [0.5, 0.6) is 0 Å². The molecule has 2 fully saturated rings. The minimum atomic E-state index is -3.11. The predicted octanol–water partition coefficient (Wildman–Crippen LogP) is 1.26. The molecule has 1 saturated heterocycles. The number of hydrogen-bond acceptors (Lipinski definition) is 3. The largest absolute Gasteiger partial charge is 0.393 e. The maximum atomic E-state index is 12.4. The van der Waals surface area contributed by atoms with Crippen LogP contribution in [0.2, 0.25) is 0 Å². The van der Waals surface area contributed by atoms with E-state index in [0.29, 0.717) is 18.1 Å². The summed E-state index contributed by atoms with van der Waals surface area (Å²) in [6, 6.07) is 0. The van der Waals surface area contributed by atoms with Gasteiger partial charge in [-0.15, -0.1) is 0 Å². The number of rotatable bonds is 3. The molecule has 0 amide bonds. The van der Waals surface area contributed by atoms with Crippen molar-refractivity contribution in [2.24, 2.45) is 11.7 Å². The van der Waals surface area contributed by atoms with Gasteiger partial charge in [0.1, 0.15) is 0 Å². The van der Waals surface area contributed by atoms with Crippen molar-refractivity contribution < 1.29 is 8.42 Å². The third kappa shape index (κ3) is 2.80. The maximum absolute atomic E-state index is 12.4. The molecule has 1 atom stereocenters. The average molecular weight is 276 g/mol. The Hall–Kier alpha value is -0.200. The van der Waals surface area contributed by atoms with Crippen molar-refractivity contribution in [1.82, 2.24) is 4.31 Å². The molecule has 17 heavy (non-hydrogen) atoms. The molecule has 2 N–H and O–H groups in total. The molecule has 0 spiro atoms. The zero-order valence-electron chi connectivity index (χ0n) is 9.97. The van der Waals surface area contributed by atoms with E-state index in [1.807, 2.05) is 0 Å². The monoisotopic (exact) mass is 276 g/mol. The van der Waals surface area contributed by atoms with Gasteiger partial charge in [0.05, 0.1) is 10.2 Å². The maximum Gasteiger partial charge on any atom is 0.217 e. The van der Waals surface area contributed by atoms with E-state index in [4.69, 9.17) is 18.0 Å². The normalized spacial score (nSPS) is 28.4. The number of thiocarbonyl (C=S) groups is 1. The zero-order valence-corrected chi connectivity index (χ0v) is 11.6. The van der Waals surface area contributed by atoms with E-state index in [-0.39, 0.29) is 11.2 Å². The van der Waals surface area contributed by atoms with Crippen LogP contribution in [0.4, 0.5) is 0 Å². The van der Waals surface area contributed by atoms with Crippen LogP contribution < -0.4 is 5.73 Å². The third-order valence-corrected chi connectivity index (χ3v) is 6.57. The zero-order chi connectivity index (χ0) is 12.5. The first-order valence-electron chi connectivity index (χ1n) is 6.30. The second-order valence-corrected chi connectivity index (χ2v) is 7.74. The Morgan fingerprint density at radius 3 is 2.41 bits per heavy atom. The molecule has 1 unspecified atom stereocenters. The molecule has 6 heteroatoms. The first-order chi connectivity index (χ1) is 8.01. The van der Waals surface area contributed by atoms with Gasteiger partial charge in [-0.1, -0.05) is 25.1 Å². The summed E-state index contributed by atoms with van der Waals surface area (Å²) in [7, 11) is -3.11. The van der Waals surface area contributed by atoms with Crippen molar-refractivity contribution in [3.63, 3.8) is 0 Å². The fraction of sp³-hybridized carbons (Fsp3) is 0.909. The predicted molar refractivity (Wildman–Crippen MR) is 72.3 cm³/mol. The molecule has 2 aliphatic rings. The number of hydrogen-bond donors (Lipinski definition) is 1. The van der Waals surface area contributed by atoms with Crippen molar-refractivity contribution in [3.05, 3.63) is 0 Å². The summed E-state index contributed by atoms with van der Waals surface area (Å²) in [5.74, 6) is 0.0647. The average Bonchev–Trinajstić information content (AvgIpc) is 2.83. The molecule has 0 radical (unpaired) electrons. The first-order valence-corrected chi connectivity index (χ1v) is 8.21. The van der Waals surface area contributed by atoms with Gasteiger partial charge < -0.3 is 5.73 Å². The van der Waals surface area contributed by atoms with Crippen molar-refractivity contribution in [2.75, 3.05) is 13.1 Å². The van der Waals surface area contributed by atoms with Gasteiger partial charge >= 0.3 is 0 Å². The molecule has 1 saturated carbocycles. The number of nitrogens with two attached hydrogens (primary N) is 1. The highest BCUT2D eigenvalue weighted by atomic mass is 32.2. The van der Waals surface area contributed by atoms with Crippen LogP contribution in [0, 0.1) is 5.92 Å². The van der Waals surface area contributed by atoms with Crippen LogP contribution in [0.3, 0.4) is 0 Å². The summed E-state index contributed by atoms with van der Waals surface area (Å²) in [5.41, 5.74) is 5.64. The van der Waals surface area contributed by atoms with E-state index in [1.54, 1.807) is 4.31 Å². The van der Waals surface area contributed by atoms with Gasteiger partial charge in [-0.2, -0.15) is 0 Å². The van der Waals surface area contributed by atoms with Crippen molar-refractivity contribution in [3.8, 4) is 0 Å². The number of sulfonamides is 1. The highest BCUT2D eigenvalue weighted by molar-refractivity contribution is 7.89. The standard InChI is InChI=1S/C11H20N2O2S2/c12-11(16)9-4-3-7-13(8-9)17(14,15)10-5-1-2-6-10/h9-10H,1-8H2,(H2,12,16). The SMILES string of the molecule is NC(=S)C1CCCN(S(=O)(=O)C2CCCC2)C1. The lowest BCUT2D eigenvalue weighted by Crippen LogP contribution is -2.46. The molecule has 0 aromatic carbocycles. The van der Waals surface area contributed by atoms with Gasteiger partial charge in [0.15, 0.2) is 0 Å². The van der Waals surface area contributed by atoms with E-state index in [9.17, 15) is 8.42 Å². The lowest BCUT2D eigenvalue weighted by molar-refractivity contribution is 0.309. The minimum absolute atomic E-state index is 0.0647. The van der Waals surface area contributed by atoms with Crippen LogP contribution in [0.25, 0.3) is 0 Å². The summed E-state index contributed by atoms with van der Waals surface area (Å²) in [6.07, 6.45) is 5.50. The summed E-state index contributed by atoms with van der Waals surface area (Å²) in [5, 5.41) is -0.160. The smallest absolute Gasteiger partial charge is 0.217 e. The molecule has 0 aromatic heterocycles. The Morgan fingerprint density at radius 2 is 1.82 bits per heavy atom. The topological polar surface area (TPSA) is 63.4 Å². The minimum Gasteiger partial charge on any atom is -0.393 e. The Labute approximate surface area is 109 Å². The second-order valence-electron chi connectivity index (χ2n) is 5.05. The molecule has 98 valence electrons. The molecule has 1 aliphatic carbocycles. The van der Waals surface area contributed by atoms with E-state index in [2.05, 4.69) is 0 Å². The molecule has 0 aromatic rings. The third-order valence-electron chi connectivity index (χ3n) is 3.87. The van der Waals surface area contributed by atoms with Crippen LogP contribution >= 0.6 is 12.2 Å². The van der Waals surface area contributed by atoms with Crippen LogP contribution in [0.1, 0.15) is 38.5 Å². The van der Waals surface area contributed by atoms with E-state index < -0.39 is 10.0 Å². The number of nitrogens with zero attached hydrogens (tertiary/aromatic N) is 1. The van der Waals surface area contributed by atoms with Gasteiger partial charge in [0.2, 0.25) is 10.0 Å². The Balaban J connectivity index is 2.08. The number of piperidine rings is 1. The van der Waals surface area contributed by atoms with Crippen molar-refractivity contribution in [2.45, 2.75) is 43.8 Å². The van der Waals surface area contributed by atoms with E-state index in [0.717, 1.165) is 38.5 Å². The van der Waals surface area contributed by atoms with E-state index >= 15 is 0 Å². The molecular weight excluding hydrogens is 256 g/mol. The van der Waals surface area contributed by atoms with Crippen LogP contribution in [-0.4, -0.2) is 36.1 Å². The van der Waals surface area contributed by atoms with Gasteiger partial charge in [0.25, 0.3) is 0 Å². The fourth-order valence-electron chi connectivity index (χ4n) is 2.80. The van der Waals surface area contributed by atoms with Crippen molar-refractivity contribution >= 4 is 27.2 Å². The van der Waals surface area contributed by atoms with Crippen LogP contribution in [-0.2, 0) is 10.0 Å². The van der Waals surface area contributed by atoms with E-state index in [1.165, 1.54) is 0 Å². The molecule has 1 heterocycles.